The summed E-state index contributed by atoms with van der Waals surface area (Å²) < 4.78 is 5.98. The van der Waals surface area contributed by atoms with Crippen LogP contribution in [0.3, 0.4) is 0 Å². The maximum absolute atomic E-state index is 12.8. The molecule has 1 aromatic carbocycles. The average molecular weight is 382 g/mol. The molecule has 4 rings (SSSR count). The average Bonchev–Trinajstić information content (AvgIpc) is 3.28. The first-order valence-electron chi connectivity index (χ1n) is 9.44. The van der Waals surface area contributed by atoms with Crippen molar-refractivity contribution in [1.82, 2.24) is 4.90 Å². The number of rotatable bonds is 4. The molecule has 0 spiro atoms. The Kier molecular flexibility index (Phi) is 5.34. The molecule has 3 heterocycles. The van der Waals surface area contributed by atoms with Crippen molar-refractivity contribution >= 4 is 40.5 Å². The van der Waals surface area contributed by atoms with E-state index in [1.807, 2.05) is 55.5 Å². The van der Waals surface area contributed by atoms with Gasteiger partial charge in [-0.15, -0.1) is 0 Å². The van der Waals surface area contributed by atoms with E-state index in [4.69, 9.17) is 4.42 Å². The normalized spacial score (nSPS) is 20.9. The topological polar surface area (TPSA) is 49.1 Å². The van der Waals surface area contributed by atoms with Crippen LogP contribution in [-0.2, 0) is 4.79 Å². The monoisotopic (exact) mass is 381 g/mol. The predicted octanol–water partition coefficient (Wildman–Crippen LogP) is 4.89. The Balaban J connectivity index is 1.56. The number of nitrogens with zero attached hydrogens (tertiary/aromatic N) is 3. The van der Waals surface area contributed by atoms with Gasteiger partial charge in [-0.3, -0.25) is 9.69 Å². The summed E-state index contributed by atoms with van der Waals surface area (Å²) in [6, 6.07) is 13.6. The van der Waals surface area contributed by atoms with Gasteiger partial charge < -0.3 is 9.32 Å². The van der Waals surface area contributed by atoms with Crippen molar-refractivity contribution in [3.63, 3.8) is 0 Å². The summed E-state index contributed by atoms with van der Waals surface area (Å²) in [5.41, 5.74) is 0.845. The molecule has 2 aromatic rings. The summed E-state index contributed by atoms with van der Waals surface area (Å²) in [4.78, 5) is 22.0. The number of likely N-dealkylation sites (N-methyl/N-ethyl adjacent to an activating group) is 1. The molecule has 0 saturated carbocycles. The number of thioether (sulfide) groups is 1. The van der Waals surface area contributed by atoms with Gasteiger partial charge in [0.2, 0.25) is 0 Å². The maximum Gasteiger partial charge on any atom is 0.266 e. The lowest BCUT2D eigenvalue weighted by atomic mass is 10.1. The molecule has 1 amide bonds. The zero-order valence-electron chi connectivity index (χ0n) is 15.4. The zero-order valence-corrected chi connectivity index (χ0v) is 16.2. The molecular formula is C21H23N3O2S. The zero-order chi connectivity index (χ0) is 18.6. The fourth-order valence-corrected chi connectivity index (χ4v) is 4.36. The molecule has 2 saturated heterocycles. The highest BCUT2D eigenvalue weighted by Gasteiger charge is 2.32. The Morgan fingerprint density at radius 3 is 2.63 bits per heavy atom. The lowest BCUT2D eigenvalue weighted by Crippen LogP contribution is -2.28. The molecule has 0 radical (unpaired) electrons. The largest absolute Gasteiger partial charge is 0.441 e. The van der Waals surface area contributed by atoms with E-state index in [0.717, 1.165) is 24.7 Å². The Morgan fingerprint density at radius 2 is 1.89 bits per heavy atom. The van der Waals surface area contributed by atoms with E-state index in [-0.39, 0.29) is 5.91 Å². The van der Waals surface area contributed by atoms with Crippen molar-refractivity contribution in [2.75, 3.05) is 24.5 Å². The number of para-hydroxylation sites is 1. The number of amidine groups is 1. The molecule has 0 bridgehead atoms. The van der Waals surface area contributed by atoms with Crippen molar-refractivity contribution in [2.45, 2.75) is 26.2 Å². The van der Waals surface area contributed by atoms with Crippen molar-refractivity contribution in [3.05, 3.63) is 53.1 Å². The summed E-state index contributed by atoms with van der Waals surface area (Å²) in [5, 5.41) is 0.711. The van der Waals surface area contributed by atoms with Crippen LogP contribution in [0.1, 0.15) is 31.9 Å². The Bertz CT molecular complexity index is 867. The number of hydrogen-bond donors (Lipinski definition) is 0. The summed E-state index contributed by atoms with van der Waals surface area (Å²) in [5.74, 6) is 1.58. The third-order valence-corrected chi connectivity index (χ3v) is 5.75. The van der Waals surface area contributed by atoms with Crippen LogP contribution in [0.15, 0.2) is 56.8 Å². The fraction of sp³-hybridized carbons (Fsp3) is 0.333. The van der Waals surface area contributed by atoms with Gasteiger partial charge in [-0.25, -0.2) is 4.99 Å². The summed E-state index contributed by atoms with van der Waals surface area (Å²) in [7, 11) is 0. The van der Waals surface area contributed by atoms with E-state index in [2.05, 4.69) is 9.89 Å². The van der Waals surface area contributed by atoms with E-state index < -0.39 is 0 Å². The first kappa shape index (κ1) is 17.9. The smallest absolute Gasteiger partial charge is 0.266 e. The minimum absolute atomic E-state index is 0.0203. The van der Waals surface area contributed by atoms with E-state index in [9.17, 15) is 4.79 Å². The van der Waals surface area contributed by atoms with Crippen molar-refractivity contribution in [2.24, 2.45) is 4.99 Å². The molecule has 1 aromatic heterocycles. The lowest BCUT2D eigenvalue weighted by molar-refractivity contribution is -0.122. The second-order valence-corrected chi connectivity index (χ2v) is 7.62. The number of hydrogen-bond acceptors (Lipinski definition) is 5. The minimum Gasteiger partial charge on any atom is -0.441 e. The molecule has 140 valence electrons. The number of benzene rings is 1. The first-order valence-corrected chi connectivity index (χ1v) is 10.3. The van der Waals surface area contributed by atoms with Gasteiger partial charge in [0.1, 0.15) is 5.76 Å². The summed E-state index contributed by atoms with van der Waals surface area (Å²) in [6.45, 7) is 4.62. The molecule has 0 atom stereocenters. The quantitative estimate of drug-likeness (QED) is 0.707. The van der Waals surface area contributed by atoms with Crippen LogP contribution >= 0.6 is 11.8 Å². The van der Waals surface area contributed by atoms with Crippen molar-refractivity contribution < 1.29 is 9.21 Å². The van der Waals surface area contributed by atoms with Crippen LogP contribution in [0.25, 0.3) is 6.08 Å². The van der Waals surface area contributed by atoms with Gasteiger partial charge >= 0.3 is 0 Å². The number of amides is 1. The van der Waals surface area contributed by atoms with Crippen LogP contribution in [0.4, 0.5) is 11.6 Å². The number of furan rings is 1. The Hall–Kier alpha value is -2.47. The van der Waals surface area contributed by atoms with Gasteiger partial charge in [-0.05, 0) is 56.1 Å². The van der Waals surface area contributed by atoms with Gasteiger partial charge in [0.05, 0.1) is 10.6 Å². The third kappa shape index (κ3) is 3.95. The van der Waals surface area contributed by atoms with Gasteiger partial charge in [0.15, 0.2) is 11.1 Å². The molecular weight excluding hydrogens is 358 g/mol. The SMILES string of the molecule is CCN1C(=O)/C(=C/c2ccc(N3CCCCC3)o2)SC1=Nc1ccccc1. The predicted molar refractivity (Wildman–Crippen MR) is 111 cm³/mol. The molecule has 2 fully saturated rings. The van der Waals surface area contributed by atoms with E-state index in [1.54, 1.807) is 4.90 Å². The van der Waals surface area contributed by atoms with Gasteiger partial charge in [0, 0.05) is 31.8 Å². The second kappa shape index (κ2) is 8.05. The lowest BCUT2D eigenvalue weighted by Gasteiger charge is -2.25. The minimum atomic E-state index is -0.0203. The van der Waals surface area contributed by atoms with E-state index >= 15 is 0 Å². The van der Waals surface area contributed by atoms with Crippen LogP contribution in [0.2, 0.25) is 0 Å². The number of carbonyl (C=O) groups excluding carboxylic acids is 1. The highest BCUT2D eigenvalue weighted by molar-refractivity contribution is 8.18. The molecule has 2 aliphatic rings. The Morgan fingerprint density at radius 1 is 1.11 bits per heavy atom. The van der Waals surface area contributed by atoms with Crippen LogP contribution in [0, 0.1) is 0 Å². The number of piperidine rings is 1. The van der Waals surface area contributed by atoms with Gasteiger partial charge in [-0.2, -0.15) is 0 Å². The highest BCUT2D eigenvalue weighted by Crippen LogP contribution is 2.34. The molecule has 27 heavy (non-hydrogen) atoms. The molecule has 6 heteroatoms. The fourth-order valence-electron chi connectivity index (χ4n) is 3.32. The second-order valence-electron chi connectivity index (χ2n) is 6.61. The molecule has 2 aliphatic heterocycles. The van der Waals surface area contributed by atoms with Crippen molar-refractivity contribution in [1.29, 1.82) is 0 Å². The van der Waals surface area contributed by atoms with E-state index in [0.29, 0.717) is 22.4 Å². The highest BCUT2D eigenvalue weighted by atomic mass is 32.2. The number of carbonyl (C=O) groups is 1. The maximum atomic E-state index is 12.8. The van der Waals surface area contributed by atoms with E-state index in [1.165, 1.54) is 31.0 Å². The Labute approximate surface area is 163 Å². The van der Waals surface area contributed by atoms with Crippen LogP contribution < -0.4 is 4.90 Å². The summed E-state index contributed by atoms with van der Waals surface area (Å²) >= 11 is 1.40. The molecule has 5 nitrogen and oxygen atoms in total. The third-order valence-electron chi connectivity index (χ3n) is 4.74. The standard InChI is InChI=1S/C21H23N3O2S/c1-2-24-20(25)18(27-21(24)22-16-9-5-3-6-10-16)15-17-11-12-19(26-17)23-13-7-4-8-14-23/h3,5-6,9-12,15H,2,4,7-8,13-14H2,1H3/b18-15-,22-21?. The summed E-state index contributed by atoms with van der Waals surface area (Å²) in [6.07, 6.45) is 5.53. The van der Waals surface area contributed by atoms with Crippen LogP contribution in [-0.4, -0.2) is 35.6 Å². The molecule has 0 N–H and O–H groups in total. The van der Waals surface area contributed by atoms with Gasteiger partial charge in [-0.1, -0.05) is 18.2 Å². The van der Waals surface area contributed by atoms with Gasteiger partial charge in [0.25, 0.3) is 5.91 Å². The van der Waals surface area contributed by atoms with Crippen molar-refractivity contribution in [3.8, 4) is 0 Å². The molecule has 0 unspecified atom stereocenters. The number of aliphatic imine (C=N–C) groups is 1. The first-order chi connectivity index (χ1) is 13.2. The molecule has 0 aliphatic carbocycles. The number of anilines is 1. The van der Waals surface area contributed by atoms with Crippen LogP contribution in [0.5, 0.6) is 0 Å².